The molecular weight excluding hydrogens is 486 g/mol. The molecule has 35 heavy (non-hydrogen) atoms. The number of hydrogen-bond donors (Lipinski definition) is 3. The van der Waals surface area contributed by atoms with Gasteiger partial charge < -0.3 is 5.32 Å². The molecule has 2 amide bonds. The van der Waals surface area contributed by atoms with E-state index in [1.807, 2.05) is 37.3 Å². The van der Waals surface area contributed by atoms with Crippen LogP contribution in [-0.2, 0) is 10.0 Å². The highest BCUT2D eigenvalue weighted by Gasteiger charge is 2.29. The zero-order valence-electron chi connectivity index (χ0n) is 19.7. The van der Waals surface area contributed by atoms with Crippen LogP contribution < -0.4 is 15.4 Å². The lowest BCUT2D eigenvalue weighted by Crippen LogP contribution is -2.34. The summed E-state index contributed by atoms with van der Waals surface area (Å²) in [6.07, 6.45) is 4.82. The number of aromatic nitrogens is 4. The van der Waals surface area contributed by atoms with E-state index in [0.717, 1.165) is 21.5 Å². The fraction of sp³-hybridized carbons (Fsp3) is 0.261. The summed E-state index contributed by atoms with van der Waals surface area (Å²) in [5.74, 6) is -0.00298. The van der Waals surface area contributed by atoms with E-state index in [9.17, 15) is 13.2 Å². The number of rotatable bonds is 6. The Labute approximate surface area is 207 Å². The van der Waals surface area contributed by atoms with Crippen molar-refractivity contribution < 1.29 is 13.2 Å². The molecule has 0 radical (unpaired) electrons. The minimum absolute atomic E-state index is 0.00298. The molecule has 0 saturated heterocycles. The van der Waals surface area contributed by atoms with Crippen LogP contribution in [0.4, 0.5) is 15.9 Å². The predicted octanol–water partition coefficient (Wildman–Crippen LogP) is 4.50. The number of benzene rings is 1. The molecule has 0 atom stereocenters. The summed E-state index contributed by atoms with van der Waals surface area (Å²) in [5, 5.41) is 5.91. The monoisotopic (exact) mass is 511 g/mol. The minimum Gasteiger partial charge on any atom is -0.338 e. The van der Waals surface area contributed by atoms with Crippen molar-refractivity contribution in [1.82, 2.24) is 25.3 Å². The summed E-state index contributed by atoms with van der Waals surface area (Å²) < 4.78 is 27.1. The first-order valence-electron chi connectivity index (χ1n) is 10.8. The fourth-order valence-corrected chi connectivity index (χ4v) is 4.69. The normalized spacial score (nSPS) is 11.9. The van der Waals surface area contributed by atoms with E-state index in [4.69, 9.17) is 0 Å². The first-order chi connectivity index (χ1) is 16.6. The Balaban J connectivity index is 1.74. The van der Waals surface area contributed by atoms with Crippen molar-refractivity contribution in [1.29, 1.82) is 0 Å². The zero-order chi connectivity index (χ0) is 25.2. The molecule has 4 rings (SSSR count). The molecule has 0 aliphatic heterocycles. The summed E-state index contributed by atoms with van der Waals surface area (Å²) in [7, 11) is -3.64. The SMILES string of the molecule is CCNC(=O)Nc1nc2cc(-c3cnc(NS(=O)(=O)C(C)(C)C)nc3)cc(-c3ccccn3)c2s1. The maximum Gasteiger partial charge on any atom is 0.321 e. The van der Waals surface area contributed by atoms with Gasteiger partial charge in [0.25, 0.3) is 0 Å². The van der Waals surface area contributed by atoms with Gasteiger partial charge in [0.2, 0.25) is 16.0 Å². The van der Waals surface area contributed by atoms with E-state index >= 15 is 0 Å². The van der Waals surface area contributed by atoms with Crippen LogP contribution in [0.15, 0.2) is 48.9 Å². The molecule has 0 aliphatic rings. The predicted molar refractivity (Wildman–Crippen MR) is 139 cm³/mol. The summed E-state index contributed by atoms with van der Waals surface area (Å²) >= 11 is 1.36. The molecule has 1 aromatic carbocycles. The van der Waals surface area contributed by atoms with Gasteiger partial charge in [0.15, 0.2) is 5.13 Å². The smallest absolute Gasteiger partial charge is 0.321 e. The van der Waals surface area contributed by atoms with Crippen molar-refractivity contribution >= 4 is 48.7 Å². The van der Waals surface area contributed by atoms with Crippen molar-refractivity contribution in [2.24, 2.45) is 0 Å². The third kappa shape index (κ3) is 5.38. The number of hydrogen-bond acceptors (Lipinski definition) is 8. The Morgan fingerprint density at radius 1 is 1.06 bits per heavy atom. The largest absolute Gasteiger partial charge is 0.338 e. The highest BCUT2D eigenvalue weighted by Crippen LogP contribution is 2.38. The van der Waals surface area contributed by atoms with Gasteiger partial charge in [0, 0.05) is 36.3 Å². The third-order valence-corrected chi connectivity index (χ3v) is 8.09. The van der Waals surface area contributed by atoms with Gasteiger partial charge in [0.05, 0.1) is 20.7 Å². The van der Waals surface area contributed by atoms with E-state index in [-0.39, 0.29) is 12.0 Å². The van der Waals surface area contributed by atoms with E-state index < -0.39 is 14.8 Å². The average molecular weight is 512 g/mol. The molecule has 0 fully saturated rings. The van der Waals surface area contributed by atoms with Crippen LogP contribution in [0, 0.1) is 0 Å². The molecule has 10 nitrogen and oxygen atoms in total. The van der Waals surface area contributed by atoms with E-state index in [1.54, 1.807) is 39.4 Å². The third-order valence-electron chi connectivity index (χ3n) is 5.01. The standard InChI is InChI=1S/C23H25N7O3S2/c1-5-24-21(31)29-22-28-18-11-14(10-16(19(18)34-22)17-8-6-7-9-25-17)15-12-26-20(27-13-15)30-35(32,33)23(2,3)4/h6-13H,5H2,1-4H3,(H,26,27,30)(H2,24,28,29,31). The quantitative estimate of drug-likeness (QED) is 0.346. The van der Waals surface area contributed by atoms with E-state index in [0.29, 0.717) is 22.8 Å². The Bertz CT molecular complexity index is 1460. The summed E-state index contributed by atoms with van der Waals surface area (Å²) in [5.41, 5.74) is 3.73. The molecule has 0 bridgehead atoms. The van der Waals surface area contributed by atoms with Crippen molar-refractivity contribution in [2.45, 2.75) is 32.4 Å². The summed E-state index contributed by atoms with van der Waals surface area (Å²) in [6.45, 7) is 7.13. The first kappa shape index (κ1) is 24.5. The molecule has 182 valence electrons. The maximum atomic E-state index is 12.4. The zero-order valence-corrected chi connectivity index (χ0v) is 21.3. The molecule has 4 aromatic rings. The Kier molecular flexibility index (Phi) is 6.68. The maximum absolute atomic E-state index is 12.4. The molecule has 0 spiro atoms. The Morgan fingerprint density at radius 3 is 2.43 bits per heavy atom. The topological polar surface area (TPSA) is 139 Å². The number of fused-ring (bicyclic) bond motifs is 1. The molecule has 12 heteroatoms. The molecular formula is C23H25N7O3S2. The molecule has 3 heterocycles. The van der Waals surface area contributed by atoms with Crippen molar-refractivity contribution in [3.05, 3.63) is 48.9 Å². The van der Waals surface area contributed by atoms with Gasteiger partial charge in [0.1, 0.15) is 0 Å². The molecule has 3 aromatic heterocycles. The summed E-state index contributed by atoms with van der Waals surface area (Å²) in [4.78, 5) is 29.5. The minimum atomic E-state index is -3.64. The van der Waals surface area contributed by atoms with Crippen LogP contribution in [-0.4, -0.2) is 45.7 Å². The van der Waals surface area contributed by atoms with Gasteiger partial charge in [-0.2, -0.15) is 0 Å². The van der Waals surface area contributed by atoms with Gasteiger partial charge in [-0.05, 0) is 57.5 Å². The van der Waals surface area contributed by atoms with Crippen LogP contribution in [0.25, 0.3) is 32.6 Å². The lowest BCUT2D eigenvalue weighted by molar-refractivity contribution is 0.252. The van der Waals surface area contributed by atoms with Gasteiger partial charge in [-0.15, -0.1) is 0 Å². The molecule has 3 N–H and O–H groups in total. The lowest BCUT2D eigenvalue weighted by atomic mass is 10.0. The number of pyridine rings is 1. The Hall–Kier alpha value is -3.64. The second kappa shape index (κ2) is 9.55. The van der Waals surface area contributed by atoms with E-state index in [1.165, 1.54) is 11.3 Å². The number of nitrogens with zero attached hydrogens (tertiary/aromatic N) is 4. The lowest BCUT2D eigenvalue weighted by Gasteiger charge is -2.19. The van der Waals surface area contributed by atoms with Gasteiger partial charge in [-0.25, -0.2) is 28.2 Å². The van der Waals surface area contributed by atoms with Crippen molar-refractivity contribution in [3.8, 4) is 22.4 Å². The van der Waals surface area contributed by atoms with Gasteiger partial charge in [-0.3, -0.25) is 15.0 Å². The van der Waals surface area contributed by atoms with Gasteiger partial charge >= 0.3 is 6.03 Å². The fourth-order valence-electron chi connectivity index (χ4n) is 3.07. The van der Waals surface area contributed by atoms with Crippen LogP contribution in [0.5, 0.6) is 0 Å². The van der Waals surface area contributed by atoms with E-state index in [2.05, 4.69) is 35.3 Å². The highest BCUT2D eigenvalue weighted by molar-refractivity contribution is 7.94. The van der Waals surface area contributed by atoms with Crippen molar-refractivity contribution in [2.75, 3.05) is 16.6 Å². The number of amides is 2. The Morgan fingerprint density at radius 2 is 1.80 bits per heavy atom. The number of sulfonamides is 1. The summed E-state index contributed by atoms with van der Waals surface area (Å²) in [6, 6.07) is 9.14. The number of nitrogens with one attached hydrogen (secondary N) is 3. The second-order valence-corrected chi connectivity index (χ2v) is 12.0. The highest BCUT2D eigenvalue weighted by atomic mass is 32.2. The number of urea groups is 1. The second-order valence-electron chi connectivity index (χ2n) is 8.60. The first-order valence-corrected chi connectivity index (χ1v) is 13.1. The number of carbonyl (C=O) groups is 1. The molecule has 0 aliphatic carbocycles. The van der Waals surface area contributed by atoms with Crippen LogP contribution in [0.1, 0.15) is 27.7 Å². The number of carbonyl (C=O) groups excluding carboxylic acids is 1. The van der Waals surface area contributed by atoms with Crippen LogP contribution in [0.3, 0.4) is 0 Å². The number of anilines is 2. The van der Waals surface area contributed by atoms with Crippen molar-refractivity contribution in [3.63, 3.8) is 0 Å². The molecule has 0 saturated carbocycles. The number of thiazole rings is 1. The average Bonchev–Trinajstić information content (AvgIpc) is 3.21. The van der Waals surface area contributed by atoms with Crippen LogP contribution in [0.2, 0.25) is 0 Å². The van der Waals surface area contributed by atoms with Gasteiger partial charge in [-0.1, -0.05) is 17.4 Å². The molecule has 0 unspecified atom stereocenters. The van der Waals surface area contributed by atoms with Crippen LogP contribution >= 0.6 is 11.3 Å².